The molecule has 0 radical (unpaired) electrons. The van der Waals surface area contributed by atoms with Crippen LogP contribution >= 0.6 is 0 Å². The molecule has 0 aliphatic heterocycles. The molecule has 0 unspecified atom stereocenters. The van der Waals surface area contributed by atoms with E-state index in [1.807, 2.05) is 60.7 Å². The molecule has 0 aliphatic rings. The standard InChI is InChI=1S/C22H17N5O/c28-19-13-11-16(12-14-19)15-23-26-22-24-20(17-7-3-1-4-8-17)21(25-27-22)18-9-5-2-6-10-18/h1-15,28H,(H,24,26,27)/b23-15-. The molecular formula is C22H17N5O. The van der Waals surface area contributed by atoms with Crippen LogP contribution in [0.4, 0.5) is 5.95 Å². The summed E-state index contributed by atoms with van der Waals surface area (Å²) in [5.74, 6) is 0.509. The highest BCUT2D eigenvalue weighted by Gasteiger charge is 2.13. The first-order valence-electron chi connectivity index (χ1n) is 8.73. The minimum absolute atomic E-state index is 0.210. The summed E-state index contributed by atoms with van der Waals surface area (Å²) in [4.78, 5) is 4.63. The monoisotopic (exact) mass is 367 g/mol. The average molecular weight is 367 g/mol. The van der Waals surface area contributed by atoms with Crippen LogP contribution in [0, 0.1) is 0 Å². The lowest BCUT2D eigenvalue weighted by atomic mass is 10.0. The summed E-state index contributed by atoms with van der Waals surface area (Å²) in [6, 6.07) is 26.4. The highest BCUT2D eigenvalue weighted by molar-refractivity contribution is 5.80. The van der Waals surface area contributed by atoms with E-state index in [9.17, 15) is 5.11 Å². The fraction of sp³-hybridized carbons (Fsp3) is 0. The summed E-state index contributed by atoms with van der Waals surface area (Å²) >= 11 is 0. The van der Waals surface area contributed by atoms with E-state index in [1.165, 1.54) is 0 Å². The van der Waals surface area contributed by atoms with Gasteiger partial charge in [0.15, 0.2) is 0 Å². The number of hydrogen-bond acceptors (Lipinski definition) is 6. The molecule has 4 rings (SSSR count). The van der Waals surface area contributed by atoms with E-state index in [1.54, 1.807) is 30.5 Å². The maximum absolute atomic E-state index is 9.33. The van der Waals surface area contributed by atoms with Gasteiger partial charge < -0.3 is 5.11 Å². The second kappa shape index (κ2) is 8.09. The van der Waals surface area contributed by atoms with E-state index in [0.29, 0.717) is 11.6 Å². The minimum Gasteiger partial charge on any atom is -0.508 e. The summed E-state index contributed by atoms with van der Waals surface area (Å²) in [7, 11) is 0. The van der Waals surface area contributed by atoms with Crippen molar-refractivity contribution in [2.24, 2.45) is 5.10 Å². The SMILES string of the molecule is Oc1ccc(/C=N\Nc2nnc(-c3ccccc3)c(-c3ccccc3)n2)cc1. The molecule has 3 aromatic carbocycles. The first kappa shape index (κ1) is 17.4. The average Bonchev–Trinajstić information content (AvgIpc) is 2.76. The number of phenolic OH excluding ortho intramolecular Hbond substituents is 1. The van der Waals surface area contributed by atoms with Gasteiger partial charge in [0.25, 0.3) is 5.95 Å². The molecule has 0 aliphatic carbocycles. The molecule has 1 aromatic heterocycles. The van der Waals surface area contributed by atoms with Gasteiger partial charge in [0.05, 0.1) is 6.21 Å². The minimum atomic E-state index is 0.210. The number of hydrogen-bond donors (Lipinski definition) is 2. The lowest BCUT2D eigenvalue weighted by Gasteiger charge is -2.09. The highest BCUT2D eigenvalue weighted by Crippen LogP contribution is 2.28. The van der Waals surface area contributed by atoms with Crippen molar-refractivity contribution in [1.29, 1.82) is 0 Å². The normalized spacial score (nSPS) is 10.9. The second-order valence-electron chi connectivity index (χ2n) is 6.03. The van der Waals surface area contributed by atoms with Gasteiger partial charge in [-0.3, -0.25) is 0 Å². The topological polar surface area (TPSA) is 83.3 Å². The van der Waals surface area contributed by atoms with Crippen LogP contribution in [-0.4, -0.2) is 26.5 Å². The van der Waals surface area contributed by atoms with E-state index < -0.39 is 0 Å². The number of phenols is 1. The molecule has 2 N–H and O–H groups in total. The molecule has 0 saturated heterocycles. The Bertz CT molecular complexity index is 1080. The Morgan fingerprint density at radius 1 is 0.714 bits per heavy atom. The maximum Gasteiger partial charge on any atom is 0.263 e. The number of aromatic hydroxyl groups is 1. The molecule has 136 valence electrons. The van der Waals surface area contributed by atoms with Crippen LogP contribution in [0.15, 0.2) is 90.0 Å². The van der Waals surface area contributed by atoms with Gasteiger partial charge in [-0.15, -0.1) is 10.2 Å². The van der Waals surface area contributed by atoms with Gasteiger partial charge in [-0.1, -0.05) is 60.7 Å². The Hall–Kier alpha value is -4.06. The zero-order chi connectivity index (χ0) is 19.2. The zero-order valence-corrected chi connectivity index (χ0v) is 14.9. The van der Waals surface area contributed by atoms with Crippen molar-refractivity contribution in [1.82, 2.24) is 15.2 Å². The first-order valence-corrected chi connectivity index (χ1v) is 8.73. The second-order valence-corrected chi connectivity index (χ2v) is 6.03. The fourth-order valence-corrected chi connectivity index (χ4v) is 2.69. The molecule has 6 heteroatoms. The Balaban J connectivity index is 1.65. The van der Waals surface area contributed by atoms with E-state index >= 15 is 0 Å². The molecule has 0 fully saturated rings. The van der Waals surface area contributed by atoms with Gasteiger partial charge in [-0.2, -0.15) is 5.10 Å². The van der Waals surface area contributed by atoms with Crippen molar-refractivity contribution < 1.29 is 5.11 Å². The summed E-state index contributed by atoms with van der Waals surface area (Å²) in [6.07, 6.45) is 1.62. The third-order valence-corrected chi connectivity index (χ3v) is 4.05. The van der Waals surface area contributed by atoms with Gasteiger partial charge in [0.2, 0.25) is 0 Å². The summed E-state index contributed by atoms with van der Waals surface area (Å²) in [6.45, 7) is 0. The maximum atomic E-state index is 9.33. The number of benzene rings is 3. The van der Waals surface area contributed by atoms with E-state index in [4.69, 9.17) is 0 Å². The Morgan fingerprint density at radius 2 is 1.32 bits per heavy atom. The van der Waals surface area contributed by atoms with Gasteiger partial charge in [-0.05, 0) is 29.8 Å². The van der Waals surface area contributed by atoms with Crippen LogP contribution < -0.4 is 5.43 Å². The molecule has 4 aromatic rings. The first-order chi connectivity index (χ1) is 13.8. The lowest BCUT2D eigenvalue weighted by Crippen LogP contribution is -2.03. The molecule has 1 heterocycles. The van der Waals surface area contributed by atoms with Crippen LogP contribution in [0.2, 0.25) is 0 Å². The predicted octanol–water partition coefficient (Wildman–Crippen LogP) is 4.36. The van der Waals surface area contributed by atoms with E-state index in [2.05, 4.69) is 25.7 Å². The van der Waals surface area contributed by atoms with Crippen molar-refractivity contribution in [3.63, 3.8) is 0 Å². The smallest absolute Gasteiger partial charge is 0.263 e. The lowest BCUT2D eigenvalue weighted by molar-refractivity contribution is 0.475. The Kier molecular flexibility index (Phi) is 5.02. The molecule has 0 bridgehead atoms. The van der Waals surface area contributed by atoms with Crippen molar-refractivity contribution in [2.75, 3.05) is 5.43 Å². The summed E-state index contributed by atoms with van der Waals surface area (Å²) < 4.78 is 0. The molecule has 6 nitrogen and oxygen atoms in total. The van der Waals surface area contributed by atoms with Crippen LogP contribution in [0.1, 0.15) is 5.56 Å². The van der Waals surface area contributed by atoms with Crippen LogP contribution in [0.5, 0.6) is 5.75 Å². The molecule has 0 amide bonds. The van der Waals surface area contributed by atoms with Crippen LogP contribution in [0.3, 0.4) is 0 Å². The third-order valence-electron chi connectivity index (χ3n) is 4.05. The van der Waals surface area contributed by atoms with Crippen molar-refractivity contribution in [3.05, 3.63) is 90.5 Å². The van der Waals surface area contributed by atoms with Gasteiger partial charge in [0.1, 0.15) is 17.1 Å². The molecule has 28 heavy (non-hydrogen) atoms. The molecule has 0 spiro atoms. The molecule has 0 saturated carbocycles. The van der Waals surface area contributed by atoms with E-state index in [0.717, 1.165) is 22.4 Å². The van der Waals surface area contributed by atoms with Gasteiger partial charge in [-0.25, -0.2) is 10.4 Å². The number of hydrazone groups is 1. The van der Waals surface area contributed by atoms with Crippen LogP contribution in [0.25, 0.3) is 22.5 Å². The molecule has 0 atom stereocenters. The van der Waals surface area contributed by atoms with Gasteiger partial charge in [0, 0.05) is 11.1 Å². The zero-order valence-electron chi connectivity index (χ0n) is 14.9. The number of rotatable bonds is 5. The summed E-state index contributed by atoms with van der Waals surface area (Å²) in [5, 5.41) is 22.0. The van der Waals surface area contributed by atoms with Crippen molar-refractivity contribution in [3.8, 4) is 28.3 Å². The number of anilines is 1. The van der Waals surface area contributed by atoms with Crippen LogP contribution in [-0.2, 0) is 0 Å². The fourth-order valence-electron chi connectivity index (χ4n) is 2.69. The van der Waals surface area contributed by atoms with Gasteiger partial charge >= 0.3 is 0 Å². The van der Waals surface area contributed by atoms with Crippen molar-refractivity contribution >= 4 is 12.2 Å². The molecular weight excluding hydrogens is 350 g/mol. The largest absolute Gasteiger partial charge is 0.508 e. The Labute approximate surface area is 162 Å². The number of aromatic nitrogens is 3. The predicted molar refractivity (Wildman–Crippen MR) is 110 cm³/mol. The Morgan fingerprint density at radius 3 is 1.96 bits per heavy atom. The highest BCUT2D eigenvalue weighted by atomic mass is 16.3. The number of nitrogens with zero attached hydrogens (tertiary/aromatic N) is 4. The van der Waals surface area contributed by atoms with E-state index in [-0.39, 0.29) is 5.75 Å². The summed E-state index contributed by atoms with van der Waals surface area (Å²) in [5.41, 5.74) is 6.98. The van der Waals surface area contributed by atoms with Crippen molar-refractivity contribution in [2.45, 2.75) is 0 Å². The third kappa shape index (κ3) is 4.02. The quantitative estimate of drug-likeness (QED) is 0.404. The number of nitrogens with one attached hydrogen (secondary N) is 1.